The molecule has 2 aromatic carbocycles. The summed E-state index contributed by atoms with van der Waals surface area (Å²) in [5.41, 5.74) is 1.81. The molecule has 0 spiro atoms. The summed E-state index contributed by atoms with van der Waals surface area (Å²) in [6, 6.07) is 14.7. The number of carbonyl (C=O) groups is 1. The molecule has 1 N–H and O–H groups in total. The average Bonchev–Trinajstić information content (AvgIpc) is 3.29. The summed E-state index contributed by atoms with van der Waals surface area (Å²) in [6.45, 7) is 1.12. The molecule has 2 unspecified atom stereocenters. The average molecular weight is 399 g/mol. The van der Waals surface area contributed by atoms with Crippen LogP contribution in [0.1, 0.15) is 28.7 Å². The lowest BCUT2D eigenvalue weighted by Crippen LogP contribution is -2.26. The number of nitrogens with one attached hydrogen (secondary N) is 1. The van der Waals surface area contributed by atoms with Crippen molar-refractivity contribution in [2.24, 2.45) is 0 Å². The molecule has 0 saturated heterocycles. The van der Waals surface area contributed by atoms with Crippen molar-refractivity contribution in [3.63, 3.8) is 0 Å². The zero-order valence-electron chi connectivity index (χ0n) is 15.4. The lowest BCUT2D eigenvalue weighted by molar-refractivity contribution is 0.0965. The highest BCUT2D eigenvalue weighted by atomic mass is 31.0. The highest BCUT2D eigenvalue weighted by molar-refractivity contribution is 7.17. The maximum absolute atomic E-state index is 15.2. The van der Waals surface area contributed by atoms with E-state index in [-0.39, 0.29) is 5.91 Å². The van der Waals surface area contributed by atoms with Gasteiger partial charge in [0, 0.05) is 29.7 Å². The molecule has 4 rings (SSSR count). The van der Waals surface area contributed by atoms with Crippen LogP contribution in [0.5, 0.6) is 0 Å². The van der Waals surface area contributed by atoms with Crippen LogP contribution in [-0.4, -0.2) is 22.1 Å². The van der Waals surface area contributed by atoms with E-state index in [2.05, 4.69) is 10.3 Å². The quantitative estimate of drug-likeness (QED) is 0.645. The standard InChI is InChI=1S/C21H20F2N3OP/c1-2-17-25-18(14-8-9-16-15(10-14)11-24-20(16)27)19(13-6-4-3-5-7-13)26(17)21(23,28)12-22/h3-10H,2,11-12,28H2,1H3,(H,24,27). The van der Waals surface area contributed by atoms with Crippen LogP contribution in [0.3, 0.4) is 0 Å². The molecule has 0 fully saturated rings. The molecule has 4 nitrogen and oxygen atoms in total. The van der Waals surface area contributed by atoms with Gasteiger partial charge < -0.3 is 5.32 Å². The number of imidazole rings is 1. The summed E-state index contributed by atoms with van der Waals surface area (Å²) < 4.78 is 30.1. The van der Waals surface area contributed by atoms with Gasteiger partial charge in [-0.25, -0.2) is 13.8 Å². The lowest BCUT2D eigenvalue weighted by atomic mass is 10.0. The number of rotatable bonds is 5. The van der Waals surface area contributed by atoms with Gasteiger partial charge in [-0.2, -0.15) is 0 Å². The predicted octanol–water partition coefficient (Wildman–Crippen LogP) is 4.45. The molecule has 1 aliphatic heterocycles. The van der Waals surface area contributed by atoms with E-state index in [1.54, 1.807) is 12.1 Å². The number of carbonyl (C=O) groups excluding carboxylic acids is 1. The second-order valence-electron chi connectivity index (χ2n) is 6.79. The highest BCUT2D eigenvalue weighted by Gasteiger charge is 2.34. The molecule has 2 heterocycles. The Balaban J connectivity index is 1.99. The Hall–Kier alpha value is -2.59. The number of alkyl halides is 2. The molecule has 28 heavy (non-hydrogen) atoms. The summed E-state index contributed by atoms with van der Waals surface area (Å²) in [6.07, 6.45) is 0.449. The molecule has 0 saturated carbocycles. The van der Waals surface area contributed by atoms with Crippen molar-refractivity contribution in [1.29, 1.82) is 0 Å². The maximum Gasteiger partial charge on any atom is 0.251 e. The van der Waals surface area contributed by atoms with E-state index in [9.17, 15) is 9.18 Å². The van der Waals surface area contributed by atoms with Crippen LogP contribution >= 0.6 is 9.24 Å². The Morgan fingerprint density at radius 3 is 2.64 bits per heavy atom. The number of amides is 1. The first-order chi connectivity index (χ1) is 13.5. The monoisotopic (exact) mass is 399 g/mol. The van der Waals surface area contributed by atoms with Crippen molar-refractivity contribution in [1.82, 2.24) is 14.9 Å². The van der Waals surface area contributed by atoms with E-state index in [0.29, 0.717) is 35.7 Å². The molecule has 7 heteroatoms. The van der Waals surface area contributed by atoms with Gasteiger partial charge in [-0.15, -0.1) is 0 Å². The summed E-state index contributed by atoms with van der Waals surface area (Å²) in [5, 5.41) is 2.79. The molecule has 144 valence electrons. The van der Waals surface area contributed by atoms with Crippen LogP contribution in [0.15, 0.2) is 48.5 Å². The van der Waals surface area contributed by atoms with Crippen LogP contribution in [0.4, 0.5) is 8.78 Å². The van der Waals surface area contributed by atoms with Crippen LogP contribution < -0.4 is 5.32 Å². The van der Waals surface area contributed by atoms with Crippen LogP contribution in [0, 0.1) is 0 Å². The Morgan fingerprint density at radius 2 is 1.96 bits per heavy atom. The van der Waals surface area contributed by atoms with E-state index in [4.69, 9.17) is 0 Å². The minimum absolute atomic E-state index is 0.102. The molecule has 3 aromatic rings. The van der Waals surface area contributed by atoms with Crippen molar-refractivity contribution in [2.45, 2.75) is 25.4 Å². The van der Waals surface area contributed by atoms with Gasteiger partial charge in [0.05, 0.1) is 11.4 Å². The SMILES string of the molecule is CCc1nc(-c2ccc3c(c2)CNC3=O)c(-c2ccccc2)n1C(F)(P)CF. The van der Waals surface area contributed by atoms with Gasteiger partial charge in [-0.1, -0.05) is 52.6 Å². The van der Waals surface area contributed by atoms with Gasteiger partial charge in [-0.05, 0) is 17.7 Å². The molecule has 2 atom stereocenters. The zero-order chi connectivity index (χ0) is 19.9. The van der Waals surface area contributed by atoms with E-state index < -0.39 is 12.2 Å². The predicted molar refractivity (Wildman–Crippen MR) is 108 cm³/mol. The van der Waals surface area contributed by atoms with Crippen molar-refractivity contribution in [3.05, 3.63) is 65.5 Å². The summed E-state index contributed by atoms with van der Waals surface area (Å²) in [5.74, 6) is 0.355. The van der Waals surface area contributed by atoms with Gasteiger partial charge in [0.15, 0.2) is 0 Å². The van der Waals surface area contributed by atoms with Gasteiger partial charge in [-0.3, -0.25) is 9.36 Å². The smallest absolute Gasteiger partial charge is 0.251 e. The third kappa shape index (κ3) is 3.02. The van der Waals surface area contributed by atoms with Crippen LogP contribution in [0.2, 0.25) is 0 Å². The highest BCUT2D eigenvalue weighted by Crippen LogP contribution is 2.41. The van der Waals surface area contributed by atoms with Gasteiger partial charge in [0.25, 0.3) is 5.91 Å². The minimum atomic E-state index is -2.30. The molecular weight excluding hydrogens is 379 g/mol. The summed E-state index contributed by atoms with van der Waals surface area (Å²) in [4.78, 5) is 16.5. The Labute approximate surface area is 164 Å². The number of aryl methyl sites for hydroxylation is 1. The summed E-state index contributed by atoms with van der Waals surface area (Å²) >= 11 is 0. The first kappa shape index (κ1) is 18.8. The van der Waals surface area contributed by atoms with Crippen molar-refractivity contribution >= 4 is 15.1 Å². The van der Waals surface area contributed by atoms with Gasteiger partial charge in [0.1, 0.15) is 12.5 Å². The first-order valence-corrected chi connectivity index (χ1v) is 9.66. The fourth-order valence-corrected chi connectivity index (χ4v) is 3.89. The fraction of sp³-hybridized carbons (Fsp3) is 0.238. The molecule has 1 aliphatic rings. The molecule has 1 amide bonds. The van der Waals surface area contributed by atoms with E-state index in [1.165, 1.54) is 4.57 Å². The minimum Gasteiger partial charge on any atom is -0.348 e. The first-order valence-electron chi connectivity index (χ1n) is 9.09. The van der Waals surface area contributed by atoms with E-state index in [0.717, 1.165) is 16.7 Å². The number of aromatic nitrogens is 2. The zero-order valence-corrected chi connectivity index (χ0v) is 16.5. The number of hydrogen-bond donors (Lipinski definition) is 1. The largest absolute Gasteiger partial charge is 0.348 e. The molecule has 1 aromatic heterocycles. The third-order valence-electron chi connectivity index (χ3n) is 4.93. The number of fused-ring (bicyclic) bond motifs is 1. The normalized spacial score (nSPS) is 15.2. The number of halogens is 2. The van der Waals surface area contributed by atoms with Crippen molar-refractivity contribution in [2.75, 3.05) is 6.67 Å². The molecule has 0 bridgehead atoms. The number of nitrogens with zero attached hydrogens (tertiary/aromatic N) is 2. The lowest BCUT2D eigenvalue weighted by Gasteiger charge is -2.23. The van der Waals surface area contributed by atoms with Crippen LogP contribution in [-0.2, 0) is 18.5 Å². The third-order valence-corrected chi connectivity index (χ3v) is 5.34. The van der Waals surface area contributed by atoms with Gasteiger partial charge in [0.2, 0.25) is 5.53 Å². The topological polar surface area (TPSA) is 46.9 Å². The summed E-state index contributed by atoms with van der Waals surface area (Å²) in [7, 11) is 1.97. The second-order valence-corrected chi connectivity index (χ2v) is 7.67. The van der Waals surface area contributed by atoms with E-state index >= 15 is 4.39 Å². The van der Waals surface area contributed by atoms with Crippen LogP contribution in [0.25, 0.3) is 22.5 Å². The Bertz CT molecular complexity index is 1050. The maximum atomic E-state index is 15.2. The Kier molecular flexibility index (Phi) is 4.76. The van der Waals surface area contributed by atoms with Gasteiger partial charge >= 0.3 is 0 Å². The second kappa shape index (κ2) is 7.10. The molecular formula is C21H20F2N3OP. The molecule has 0 radical (unpaired) electrons. The van der Waals surface area contributed by atoms with Crippen molar-refractivity contribution < 1.29 is 13.6 Å². The number of hydrogen-bond acceptors (Lipinski definition) is 2. The molecule has 0 aliphatic carbocycles. The Morgan fingerprint density at radius 1 is 1.21 bits per heavy atom. The fourth-order valence-electron chi connectivity index (χ4n) is 3.61. The van der Waals surface area contributed by atoms with Crippen molar-refractivity contribution in [3.8, 4) is 22.5 Å². The number of benzene rings is 2. The van der Waals surface area contributed by atoms with E-state index in [1.807, 2.05) is 52.6 Å².